The highest BCUT2D eigenvalue weighted by Gasteiger charge is 2.27. The molecule has 1 aromatic heterocycles. The highest BCUT2D eigenvalue weighted by Crippen LogP contribution is 2.48. The topological polar surface area (TPSA) is 47.3 Å². The maximum Gasteiger partial charge on any atom is 0.137 e. The minimum Gasteiger partial charge on any atom is -0.388 e. The fraction of sp³-hybridized carbons (Fsp3) is 0.318. The first-order valence-electron chi connectivity index (χ1n) is 9.72. The van der Waals surface area contributed by atoms with E-state index >= 15 is 0 Å². The Morgan fingerprint density at radius 1 is 1.10 bits per heavy atom. The molecule has 0 atom stereocenters. The lowest BCUT2D eigenvalue weighted by atomic mass is 10.0. The summed E-state index contributed by atoms with van der Waals surface area (Å²) >= 11 is 8.04. The van der Waals surface area contributed by atoms with Gasteiger partial charge in [0.05, 0.1) is 11.4 Å². The van der Waals surface area contributed by atoms with Crippen LogP contribution in [0.15, 0.2) is 52.3 Å². The molecule has 3 aromatic rings. The third-order valence-corrected chi connectivity index (χ3v) is 8.05. The first-order valence-corrected chi connectivity index (χ1v) is 14.6. The minimum atomic E-state index is -1.17. The van der Waals surface area contributed by atoms with Crippen molar-refractivity contribution in [3.8, 4) is 22.5 Å². The molecule has 4 nitrogen and oxygen atoms in total. The zero-order valence-corrected chi connectivity index (χ0v) is 19.5. The normalized spacial score (nSPS) is 12.9. The van der Waals surface area contributed by atoms with E-state index in [4.69, 9.17) is 21.3 Å². The van der Waals surface area contributed by atoms with Crippen LogP contribution in [0.3, 0.4) is 0 Å². The molecule has 1 aliphatic heterocycles. The Balaban J connectivity index is 1.82. The van der Waals surface area contributed by atoms with Crippen LogP contribution in [-0.2, 0) is 18.1 Å². The molecule has 7 heteroatoms. The van der Waals surface area contributed by atoms with Crippen molar-refractivity contribution >= 4 is 31.4 Å². The smallest absolute Gasteiger partial charge is 0.137 e. The predicted molar refractivity (Wildman–Crippen MR) is 122 cm³/mol. The van der Waals surface area contributed by atoms with Gasteiger partial charge in [0, 0.05) is 40.6 Å². The van der Waals surface area contributed by atoms with Gasteiger partial charge in [0.2, 0.25) is 0 Å². The van der Waals surface area contributed by atoms with Crippen LogP contribution in [0.5, 0.6) is 0 Å². The fourth-order valence-corrected chi connectivity index (χ4v) is 5.39. The summed E-state index contributed by atoms with van der Waals surface area (Å²) in [6, 6.07) is 15.3. The summed E-state index contributed by atoms with van der Waals surface area (Å²) < 4.78 is 8.05. The molecule has 29 heavy (non-hydrogen) atoms. The number of ether oxygens (including phenoxy) is 1. The molecule has 0 unspecified atom stereocenters. The van der Waals surface area contributed by atoms with E-state index in [1.165, 1.54) is 0 Å². The molecule has 4 rings (SSSR count). The third kappa shape index (κ3) is 4.32. The summed E-state index contributed by atoms with van der Waals surface area (Å²) in [5.41, 5.74) is 3.91. The molecule has 0 bridgehead atoms. The number of fused-ring (bicyclic) bond motifs is 5. The first-order chi connectivity index (χ1) is 13.9. The quantitative estimate of drug-likeness (QED) is 0.286. The molecule has 2 aromatic carbocycles. The molecule has 152 valence electrons. The number of imidazole rings is 1. The van der Waals surface area contributed by atoms with Crippen LogP contribution in [0.25, 0.3) is 22.5 Å². The van der Waals surface area contributed by atoms with Crippen LogP contribution in [0.1, 0.15) is 5.82 Å². The zero-order valence-electron chi connectivity index (χ0n) is 16.9. The molecule has 0 saturated heterocycles. The van der Waals surface area contributed by atoms with Gasteiger partial charge in [0.25, 0.3) is 0 Å². The lowest BCUT2D eigenvalue weighted by molar-refractivity contribution is 0.0828. The standard InChI is InChI=1S/C22H25ClN2O2SSi/c1-29(2,3)11-10-27-14-25-20(13-26)24-21-17-12-15(23)8-9-19(17)28-18-7-5-4-6-16(18)22(21)25/h4-9,12,26H,10-11,13-14H2,1-3H3. The van der Waals surface area contributed by atoms with Gasteiger partial charge in [-0.15, -0.1) is 0 Å². The molecule has 0 aliphatic carbocycles. The van der Waals surface area contributed by atoms with Gasteiger partial charge >= 0.3 is 0 Å². The molecule has 2 heterocycles. The molecular formula is C22H25ClN2O2SSi. The van der Waals surface area contributed by atoms with Crippen molar-refractivity contribution in [2.24, 2.45) is 0 Å². The Morgan fingerprint density at radius 3 is 2.62 bits per heavy atom. The van der Waals surface area contributed by atoms with Crippen LogP contribution >= 0.6 is 23.4 Å². The van der Waals surface area contributed by atoms with Gasteiger partial charge < -0.3 is 14.4 Å². The highest BCUT2D eigenvalue weighted by atomic mass is 35.5. The van der Waals surface area contributed by atoms with Crippen molar-refractivity contribution in [1.29, 1.82) is 0 Å². The number of hydrogen-bond donors (Lipinski definition) is 1. The van der Waals surface area contributed by atoms with E-state index < -0.39 is 8.07 Å². The molecule has 0 amide bonds. The number of aliphatic hydroxyl groups is 1. The predicted octanol–water partition coefficient (Wildman–Crippen LogP) is 6.14. The Kier molecular flexibility index (Phi) is 5.91. The Hall–Kier alpha value is -1.57. The van der Waals surface area contributed by atoms with Crippen molar-refractivity contribution in [2.75, 3.05) is 6.61 Å². The lowest BCUT2D eigenvalue weighted by Crippen LogP contribution is -2.22. The van der Waals surface area contributed by atoms with E-state index in [2.05, 4.69) is 31.8 Å². The van der Waals surface area contributed by atoms with E-state index in [1.807, 2.05) is 34.9 Å². The summed E-state index contributed by atoms with van der Waals surface area (Å²) in [6.45, 7) is 7.96. The van der Waals surface area contributed by atoms with Gasteiger partial charge in [-0.3, -0.25) is 0 Å². The van der Waals surface area contributed by atoms with Gasteiger partial charge in [-0.2, -0.15) is 0 Å². The van der Waals surface area contributed by atoms with Crippen molar-refractivity contribution in [3.05, 3.63) is 53.3 Å². The summed E-state index contributed by atoms with van der Waals surface area (Å²) in [6.07, 6.45) is 0. The maximum atomic E-state index is 10.0. The molecule has 0 fully saturated rings. The second kappa shape index (κ2) is 8.28. The van der Waals surface area contributed by atoms with Crippen molar-refractivity contribution < 1.29 is 9.84 Å². The Bertz CT molecular complexity index is 1050. The number of rotatable bonds is 6. The Morgan fingerprint density at radius 2 is 1.86 bits per heavy atom. The summed E-state index contributed by atoms with van der Waals surface area (Å²) in [7, 11) is -1.17. The molecule has 1 N–H and O–H groups in total. The van der Waals surface area contributed by atoms with Crippen LogP contribution < -0.4 is 0 Å². The van der Waals surface area contributed by atoms with E-state index in [0.717, 1.165) is 38.3 Å². The van der Waals surface area contributed by atoms with E-state index in [1.54, 1.807) is 11.8 Å². The molecule has 0 saturated carbocycles. The number of aromatic nitrogens is 2. The van der Waals surface area contributed by atoms with E-state index in [9.17, 15) is 5.11 Å². The number of aliphatic hydroxyl groups excluding tert-OH is 1. The molecule has 0 spiro atoms. The van der Waals surface area contributed by atoms with Gasteiger partial charge in [0.1, 0.15) is 19.2 Å². The van der Waals surface area contributed by atoms with Crippen LogP contribution in [0.2, 0.25) is 30.7 Å². The number of benzene rings is 2. The van der Waals surface area contributed by atoms with Crippen molar-refractivity contribution in [2.45, 2.75) is 48.8 Å². The minimum absolute atomic E-state index is 0.143. The largest absolute Gasteiger partial charge is 0.388 e. The van der Waals surface area contributed by atoms with E-state index in [0.29, 0.717) is 24.2 Å². The van der Waals surface area contributed by atoms with Gasteiger partial charge in [-0.1, -0.05) is 61.2 Å². The Labute approximate surface area is 181 Å². The highest BCUT2D eigenvalue weighted by molar-refractivity contribution is 7.99. The third-order valence-electron chi connectivity index (χ3n) is 4.96. The van der Waals surface area contributed by atoms with Crippen LogP contribution in [0, 0.1) is 0 Å². The summed E-state index contributed by atoms with van der Waals surface area (Å²) in [5.74, 6) is 0.607. The second-order valence-electron chi connectivity index (χ2n) is 8.40. The average molecular weight is 445 g/mol. The fourth-order valence-electron chi connectivity index (χ4n) is 3.40. The monoisotopic (exact) mass is 444 g/mol. The first kappa shape index (κ1) is 20.7. The summed E-state index contributed by atoms with van der Waals surface area (Å²) in [5, 5.41) is 10.7. The molecule has 0 radical (unpaired) electrons. The van der Waals surface area contributed by atoms with E-state index in [-0.39, 0.29) is 6.61 Å². The second-order valence-corrected chi connectivity index (χ2v) is 15.5. The SMILES string of the molecule is C[Si](C)(C)CCOCn1c(CO)nc2c1-c1ccccc1Sc1ccc(Cl)cc1-2. The molecule has 1 aliphatic rings. The molecular weight excluding hydrogens is 420 g/mol. The van der Waals surface area contributed by atoms with Crippen molar-refractivity contribution in [3.63, 3.8) is 0 Å². The summed E-state index contributed by atoms with van der Waals surface area (Å²) in [4.78, 5) is 7.07. The number of hydrogen-bond acceptors (Lipinski definition) is 4. The van der Waals surface area contributed by atoms with Gasteiger partial charge in [-0.25, -0.2) is 4.98 Å². The maximum absolute atomic E-state index is 10.0. The number of halogens is 1. The van der Waals surface area contributed by atoms with Crippen LogP contribution in [-0.4, -0.2) is 29.3 Å². The lowest BCUT2D eigenvalue weighted by Gasteiger charge is -2.17. The average Bonchev–Trinajstić information content (AvgIpc) is 2.98. The van der Waals surface area contributed by atoms with Crippen molar-refractivity contribution in [1.82, 2.24) is 9.55 Å². The number of nitrogens with zero attached hydrogens (tertiary/aromatic N) is 2. The zero-order chi connectivity index (χ0) is 20.6. The van der Waals surface area contributed by atoms with Gasteiger partial charge in [-0.05, 0) is 30.3 Å². The van der Waals surface area contributed by atoms with Crippen LogP contribution in [0.4, 0.5) is 0 Å². The van der Waals surface area contributed by atoms with Gasteiger partial charge in [0.15, 0.2) is 0 Å².